The maximum Gasteiger partial charge on any atom is 0.374 e. The van der Waals surface area contributed by atoms with Gasteiger partial charge in [0.1, 0.15) is 0 Å². The minimum atomic E-state index is -0.796. The van der Waals surface area contributed by atoms with Crippen LogP contribution in [0.5, 0.6) is 0 Å². The molecule has 3 nitrogen and oxygen atoms in total. The summed E-state index contributed by atoms with van der Waals surface area (Å²) >= 11 is 0. The lowest BCUT2D eigenvalue weighted by Gasteiger charge is -2.33. The number of allylic oxidation sites excluding steroid dienone is 1. The number of esters is 1. The average molecular weight is 260 g/mol. The Kier molecular flexibility index (Phi) is 5.04. The number of rotatable bonds is 6. The van der Waals surface area contributed by atoms with Crippen molar-refractivity contribution in [3.63, 3.8) is 0 Å². The van der Waals surface area contributed by atoms with E-state index >= 15 is 0 Å². The van der Waals surface area contributed by atoms with Crippen LogP contribution in [0.1, 0.15) is 25.8 Å². The predicted molar refractivity (Wildman–Crippen MR) is 74.8 cm³/mol. The third-order valence-electron chi connectivity index (χ3n) is 3.66. The first-order valence-electron chi connectivity index (χ1n) is 6.32. The van der Waals surface area contributed by atoms with Crippen molar-refractivity contribution in [1.29, 1.82) is 0 Å². The number of ether oxygens (including phenoxy) is 1. The van der Waals surface area contributed by atoms with E-state index in [-0.39, 0.29) is 0 Å². The fourth-order valence-corrected chi connectivity index (χ4v) is 2.38. The second kappa shape index (κ2) is 6.32. The van der Waals surface area contributed by atoms with Crippen LogP contribution >= 0.6 is 0 Å². The second-order valence-electron chi connectivity index (χ2n) is 4.67. The number of benzene rings is 1. The highest BCUT2D eigenvalue weighted by molar-refractivity contribution is 6.34. The van der Waals surface area contributed by atoms with E-state index in [4.69, 9.17) is 0 Å². The first-order valence-corrected chi connectivity index (χ1v) is 6.32. The monoisotopic (exact) mass is 260 g/mol. The molecular formula is C16H20O3. The second-order valence-corrected chi connectivity index (χ2v) is 4.67. The zero-order valence-electron chi connectivity index (χ0n) is 11.7. The molecule has 19 heavy (non-hydrogen) atoms. The predicted octanol–water partition coefficient (Wildman–Crippen LogP) is 2.90. The van der Waals surface area contributed by atoms with Gasteiger partial charge in [-0.05, 0) is 12.0 Å². The average Bonchev–Trinajstić information content (AvgIpc) is 2.47. The van der Waals surface area contributed by atoms with E-state index in [9.17, 15) is 9.59 Å². The molecular weight excluding hydrogens is 240 g/mol. The van der Waals surface area contributed by atoms with Crippen molar-refractivity contribution in [2.45, 2.75) is 25.7 Å². The lowest BCUT2D eigenvalue weighted by molar-refractivity contribution is -0.154. The van der Waals surface area contributed by atoms with Crippen LogP contribution in [0.3, 0.4) is 0 Å². The van der Waals surface area contributed by atoms with Gasteiger partial charge in [-0.3, -0.25) is 4.79 Å². The summed E-state index contributed by atoms with van der Waals surface area (Å²) in [5.74, 6) is -1.77. The SMILES string of the molecule is C=C[C@](C)(c1ccccc1)[C@H](CC)C(=O)C(=O)OC. The van der Waals surface area contributed by atoms with Gasteiger partial charge < -0.3 is 4.74 Å². The Morgan fingerprint density at radius 1 is 1.37 bits per heavy atom. The molecule has 0 saturated heterocycles. The van der Waals surface area contributed by atoms with Gasteiger partial charge in [0.2, 0.25) is 5.78 Å². The molecule has 0 heterocycles. The van der Waals surface area contributed by atoms with Crippen molar-refractivity contribution in [2.75, 3.05) is 7.11 Å². The summed E-state index contributed by atoms with van der Waals surface area (Å²) in [6.07, 6.45) is 2.28. The summed E-state index contributed by atoms with van der Waals surface area (Å²) in [6.45, 7) is 7.65. The summed E-state index contributed by atoms with van der Waals surface area (Å²) in [6, 6.07) is 9.61. The van der Waals surface area contributed by atoms with E-state index in [1.165, 1.54) is 7.11 Å². The number of hydrogen-bond acceptors (Lipinski definition) is 3. The molecule has 0 N–H and O–H groups in total. The fourth-order valence-electron chi connectivity index (χ4n) is 2.38. The molecule has 0 fully saturated rings. The van der Waals surface area contributed by atoms with Crippen molar-refractivity contribution < 1.29 is 14.3 Å². The molecule has 3 heteroatoms. The van der Waals surface area contributed by atoms with Crippen LogP contribution in [0.25, 0.3) is 0 Å². The first kappa shape index (κ1) is 15.2. The topological polar surface area (TPSA) is 43.4 Å². The number of methoxy groups -OCH3 is 1. The van der Waals surface area contributed by atoms with Gasteiger partial charge in [0.25, 0.3) is 0 Å². The quantitative estimate of drug-likeness (QED) is 0.449. The Morgan fingerprint density at radius 3 is 2.37 bits per heavy atom. The summed E-state index contributed by atoms with van der Waals surface area (Å²) in [7, 11) is 1.22. The molecule has 102 valence electrons. The van der Waals surface area contributed by atoms with Crippen LogP contribution in [0.15, 0.2) is 43.0 Å². The minimum absolute atomic E-state index is 0.472. The summed E-state index contributed by atoms with van der Waals surface area (Å²) < 4.78 is 4.55. The normalized spacial score (nSPS) is 15.1. The zero-order valence-corrected chi connectivity index (χ0v) is 11.7. The minimum Gasteiger partial charge on any atom is -0.463 e. The van der Waals surface area contributed by atoms with Crippen molar-refractivity contribution in [3.05, 3.63) is 48.6 Å². The molecule has 1 aromatic carbocycles. The number of ketones is 1. The lowest BCUT2D eigenvalue weighted by atomic mass is 9.69. The largest absolute Gasteiger partial charge is 0.463 e. The van der Waals surface area contributed by atoms with E-state index in [0.29, 0.717) is 6.42 Å². The van der Waals surface area contributed by atoms with Crippen LogP contribution in [0.4, 0.5) is 0 Å². The van der Waals surface area contributed by atoms with E-state index in [1.54, 1.807) is 6.08 Å². The Balaban J connectivity index is 3.22. The van der Waals surface area contributed by atoms with Gasteiger partial charge in [-0.25, -0.2) is 4.79 Å². The van der Waals surface area contributed by atoms with Crippen molar-refractivity contribution in [3.8, 4) is 0 Å². The zero-order chi connectivity index (χ0) is 14.5. The smallest absolute Gasteiger partial charge is 0.374 e. The number of carbonyl (C=O) groups excluding carboxylic acids is 2. The molecule has 0 spiro atoms. The van der Waals surface area contributed by atoms with E-state index in [2.05, 4.69) is 11.3 Å². The Morgan fingerprint density at radius 2 is 1.95 bits per heavy atom. The van der Waals surface area contributed by atoms with Gasteiger partial charge in [-0.2, -0.15) is 0 Å². The fraction of sp³-hybridized carbons (Fsp3) is 0.375. The molecule has 0 amide bonds. The maximum absolute atomic E-state index is 12.2. The third kappa shape index (κ3) is 2.92. The standard InChI is InChI=1S/C16H20O3/c1-5-13(14(17)15(18)19-4)16(3,6-2)12-10-8-7-9-11-12/h6-11,13H,2,5H2,1,3-4H3/t13-,16-/m1/s1. The van der Waals surface area contributed by atoms with Crippen molar-refractivity contribution in [2.24, 2.45) is 5.92 Å². The summed E-state index contributed by atoms with van der Waals surface area (Å²) in [5.41, 5.74) is 0.385. The molecule has 1 rings (SSSR count). The Labute approximate surface area is 114 Å². The first-order chi connectivity index (χ1) is 9.01. The van der Waals surface area contributed by atoms with Crippen molar-refractivity contribution >= 4 is 11.8 Å². The van der Waals surface area contributed by atoms with Gasteiger partial charge in [0, 0.05) is 11.3 Å². The molecule has 0 unspecified atom stereocenters. The molecule has 0 aliphatic carbocycles. The van der Waals surface area contributed by atoms with Gasteiger partial charge in [-0.15, -0.1) is 6.58 Å². The van der Waals surface area contributed by atoms with Crippen LogP contribution < -0.4 is 0 Å². The molecule has 0 saturated carbocycles. The van der Waals surface area contributed by atoms with Crippen LogP contribution in [-0.2, 0) is 19.7 Å². The van der Waals surface area contributed by atoms with Gasteiger partial charge in [0.05, 0.1) is 7.11 Å². The van der Waals surface area contributed by atoms with Gasteiger partial charge in [0.15, 0.2) is 0 Å². The highest BCUT2D eigenvalue weighted by Gasteiger charge is 2.39. The van der Waals surface area contributed by atoms with E-state index in [0.717, 1.165) is 5.56 Å². The molecule has 1 aromatic rings. The van der Waals surface area contributed by atoms with E-state index < -0.39 is 23.1 Å². The Bertz CT molecular complexity index is 464. The summed E-state index contributed by atoms with van der Waals surface area (Å²) in [5, 5.41) is 0. The van der Waals surface area contributed by atoms with E-state index in [1.807, 2.05) is 44.2 Å². The van der Waals surface area contributed by atoms with Crippen LogP contribution in [0, 0.1) is 5.92 Å². The van der Waals surface area contributed by atoms with Crippen LogP contribution in [0.2, 0.25) is 0 Å². The van der Waals surface area contributed by atoms with Gasteiger partial charge in [-0.1, -0.05) is 50.3 Å². The Hall–Kier alpha value is -1.90. The molecule has 0 radical (unpaired) electrons. The number of hydrogen-bond donors (Lipinski definition) is 0. The molecule has 0 aliphatic heterocycles. The molecule has 0 aliphatic rings. The molecule has 0 bridgehead atoms. The lowest BCUT2D eigenvalue weighted by Crippen LogP contribution is -2.39. The maximum atomic E-state index is 12.2. The van der Waals surface area contributed by atoms with Crippen LogP contribution in [-0.4, -0.2) is 18.9 Å². The van der Waals surface area contributed by atoms with Gasteiger partial charge >= 0.3 is 5.97 Å². The number of carbonyl (C=O) groups is 2. The summed E-state index contributed by atoms with van der Waals surface area (Å²) in [4.78, 5) is 23.7. The molecule has 0 aromatic heterocycles. The molecule has 2 atom stereocenters. The third-order valence-corrected chi connectivity index (χ3v) is 3.66. The highest BCUT2D eigenvalue weighted by Crippen LogP contribution is 2.36. The highest BCUT2D eigenvalue weighted by atomic mass is 16.5. The number of Topliss-reactive ketones (excluding diaryl/α,β-unsaturated/α-hetero) is 1. The van der Waals surface area contributed by atoms with Crippen molar-refractivity contribution in [1.82, 2.24) is 0 Å².